The minimum absolute atomic E-state index is 0.0173. The van der Waals surface area contributed by atoms with Gasteiger partial charge in [0.2, 0.25) is 0 Å². The molecule has 0 aliphatic carbocycles. The maximum atomic E-state index is 12.3. The third-order valence-corrected chi connectivity index (χ3v) is 3.87. The lowest BCUT2D eigenvalue weighted by atomic mass is 10.1. The second-order valence-electron chi connectivity index (χ2n) is 5.29. The zero-order valence-electron chi connectivity index (χ0n) is 12.2. The van der Waals surface area contributed by atoms with Crippen LogP contribution in [0.2, 0.25) is 0 Å². The van der Waals surface area contributed by atoms with E-state index >= 15 is 0 Å². The van der Waals surface area contributed by atoms with E-state index < -0.39 is 0 Å². The molecule has 1 aromatic carbocycles. The van der Waals surface area contributed by atoms with Crippen LogP contribution in [-0.4, -0.2) is 63.3 Å². The fraction of sp³-hybridized carbons (Fsp3) is 0.533. The number of ether oxygens (including phenoxy) is 1. The number of rotatable bonds is 4. The third kappa shape index (κ3) is 3.46. The summed E-state index contributed by atoms with van der Waals surface area (Å²) in [6, 6.07) is 5.77. The van der Waals surface area contributed by atoms with Crippen molar-refractivity contribution < 1.29 is 9.53 Å². The van der Waals surface area contributed by atoms with E-state index in [1.54, 1.807) is 0 Å². The standard InChI is InChI=1S/C15H22N4O2/c20-15(18-6-7-19-8-10-21-11-9-19)12-2-1-3-13-14(12)17-5-4-16-13/h1-3,16-17H,4-11H2,(H,18,20). The molecule has 2 aliphatic rings. The van der Waals surface area contributed by atoms with Crippen molar-refractivity contribution in [2.75, 3.05) is 63.1 Å². The molecule has 6 nitrogen and oxygen atoms in total. The molecule has 0 unspecified atom stereocenters. The van der Waals surface area contributed by atoms with Gasteiger partial charge >= 0.3 is 0 Å². The highest BCUT2D eigenvalue weighted by Gasteiger charge is 2.17. The Morgan fingerprint density at radius 1 is 1.24 bits per heavy atom. The molecular formula is C15H22N4O2. The molecule has 1 saturated heterocycles. The molecule has 2 aliphatic heterocycles. The molecule has 0 saturated carbocycles. The lowest BCUT2D eigenvalue weighted by Gasteiger charge is -2.26. The summed E-state index contributed by atoms with van der Waals surface area (Å²) in [5, 5.41) is 9.61. The Balaban J connectivity index is 1.55. The Kier molecular flexibility index (Phi) is 4.57. The molecule has 0 atom stereocenters. The Hall–Kier alpha value is -1.79. The van der Waals surface area contributed by atoms with E-state index in [9.17, 15) is 4.79 Å². The van der Waals surface area contributed by atoms with Crippen LogP contribution in [0.4, 0.5) is 11.4 Å². The molecule has 3 N–H and O–H groups in total. The highest BCUT2D eigenvalue weighted by atomic mass is 16.5. The van der Waals surface area contributed by atoms with Gasteiger partial charge in [-0.25, -0.2) is 0 Å². The Labute approximate surface area is 124 Å². The maximum Gasteiger partial charge on any atom is 0.253 e. The van der Waals surface area contributed by atoms with Crippen LogP contribution in [0.1, 0.15) is 10.4 Å². The van der Waals surface area contributed by atoms with Crippen LogP contribution in [0.15, 0.2) is 18.2 Å². The number of para-hydroxylation sites is 1. The van der Waals surface area contributed by atoms with Crippen LogP contribution < -0.4 is 16.0 Å². The van der Waals surface area contributed by atoms with E-state index in [2.05, 4.69) is 20.9 Å². The zero-order chi connectivity index (χ0) is 14.5. The molecular weight excluding hydrogens is 268 g/mol. The average Bonchev–Trinajstić information content (AvgIpc) is 2.55. The van der Waals surface area contributed by atoms with Gasteiger partial charge in [-0.15, -0.1) is 0 Å². The van der Waals surface area contributed by atoms with Gasteiger partial charge in [0, 0.05) is 39.3 Å². The SMILES string of the molecule is O=C(NCCN1CCOCC1)c1cccc2c1NCCN2. The number of hydrogen-bond acceptors (Lipinski definition) is 5. The molecule has 114 valence electrons. The fourth-order valence-corrected chi connectivity index (χ4v) is 2.71. The molecule has 1 aromatic rings. The Morgan fingerprint density at radius 3 is 2.90 bits per heavy atom. The summed E-state index contributed by atoms with van der Waals surface area (Å²) in [5.74, 6) is -0.0173. The van der Waals surface area contributed by atoms with Gasteiger partial charge < -0.3 is 20.7 Å². The summed E-state index contributed by atoms with van der Waals surface area (Å²) < 4.78 is 5.31. The van der Waals surface area contributed by atoms with Crippen molar-refractivity contribution in [1.82, 2.24) is 10.2 Å². The normalized spacial score (nSPS) is 18.3. The fourth-order valence-electron chi connectivity index (χ4n) is 2.71. The highest BCUT2D eigenvalue weighted by molar-refractivity contribution is 6.02. The summed E-state index contributed by atoms with van der Waals surface area (Å²) >= 11 is 0. The number of fused-ring (bicyclic) bond motifs is 1. The predicted molar refractivity (Wildman–Crippen MR) is 83.0 cm³/mol. The first kappa shape index (κ1) is 14.2. The third-order valence-electron chi connectivity index (χ3n) is 3.87. The largest absolute Gasteiger partial charge is 0.382 e. The van der Waals surface area contributed by atoms with Crippen molar-refractivity contribution in [3.63, 3.8) is 0 Å². The van der Waals surface area contributed by atoms with Crippen LogP contribution in [0, 0.1) is 0 Å². The minimum atomic E-state index is -0.0173. The van der Waals surface area contributed by atoms with E-state index in [1.807, 2.05) is 18.2 Å². The topological polar surface area (TPSA) is 65.6 Å². The molecule has 2 heterocycles. The van der Waals surface area contributed by atoms with Crippen LogP contribution in [0.3, 0.4) is 0 Å². The number of anilines is 2. The van der Waals surface area contributed by atoms with Crippen molar-refractivity contribution in [2.45, 2.75) is 0 Å². The second kappa shape index (κ2) is 6.78. The summed E-state index contributed by atoms with van der Waals surface area (Å²) in [5.41, 5.74) is 2.62. The molecule has 0 spiro atoms. The van der Waals surface area contributed by atoms with E-state index in [4.69, 9.17) is 4.74 Å². The van der Waals surface area contributed by atoms with E-state index in [1.165, 1.54) is 0 Å². The van der Waals surface area contributed by atoms with Gasteiger partial charge in [-0.1, -0.05) is 6.07 Å². The number of hydrogen-bond donors (Lipinski definition) is 3. The van der Waals surface area contributed by atoms with Crippen LogP contribution in [0.25, 0.3) is 0 Å². The smallest absolute Gasteiger partial charge is 0.253 e. The second-order valence-corrected chi connectivity index (χ2v) is 5.29. The van der Waals surface area contributed by atoms with Gasteiger partial charge in [0.25, 0.3) is 5.91 Å². The van der Waals surface area contributed by atoms with Crippen LogP contribution in [-0.2, 0) is 4.74 Å². The van der Waals surface area contributed by atoms with Crippen molar-refractivity contribution in [3.05, 3.63) is 23.8 Å². The highest BCUT2D eigenvalue weighted by Crippen LogP contribution is 2.28. The van der Waals surface area contributed by atoms with E-state index in [0.717, 1.165) is 57.3 Å². The van der Waals surface area contributed by atoms with Crippen molar-refractivity contribution >= 4 is 17.3 Å². The first-order valence-corrected chi connectivity index (χ1v) is 7.53. The van der Waals surface area contributed by atoms with Gasteiger partial charge in [-0.05, 0) is 12.1 Å². The summed E-state index contributed by atoms with van der Waals surface area (Å²) in [6.07, 6.45) is 0. The van der Waals surface area contributed by atoms with E-state index in [-0.39, 0.29) is 5.91 Å². The molecule has 21 heavy (non-hydrogen) atoms. The maximum absolute atomic E-state index is 12.3. The van der Waals surface area contributed by atoms with E-state index in [0.29, 0.717) is 12.1 Å². The quantitative estimate of drug-likeness (QED) is 0.757. The van der Waals surface area contributed by atoms with Crippen LogP contribution in [0.5, 0.6) is 0 Å². The van der Waals surface area contributed by atoms with Gasteiger partial charge in [0.05, 0.1) is 30.2 Å². The molecule has 6 heteroatoms. The minimum Gasteiger partial charge on any atom is -0.382 e. The van der Waals surface area contributed by atoms with Crippen molar-refractivity contribution in [1.29, 1.82) is 0 Å². The lowest BCUT2D eigenvalue weighted by molar-refractivity contribution is 0.0383. The molecule has 0 aromatic heterocycles. The summed E-state index contributed by atoms with van der Waals surface area (Å²) in [6.45, 7) is 6.72. The molecule has 3 rings (SSSR count). The van der Waals surface area contributed by atoms with Crippen molar-refractivity contribution in [3.8, 4) is 0 Å². The summed E-state index contributed by atoms with van der Waals surface area (Å²) in [7, 11) is 0. The number of benzene rings is 1. The van der Waals surface area contributed by atoms with Gasteiger partial charge in [0.15, 0.2) is 0 Å². The zero-order valence-corrected chi connectivity index (χ0v) is 12.2. The Morgan fingerprint density at radius 2 is 2.05 bits per heavy atom. The lowest BCUT2D eigenvalue weighted by Crippen LogP contribution is -2.41. The number of morpholine rings is 1. The average molecular weight is 290 g/mol. The molecule has 1 fully saturated rings. The van der Waals surface area contributed by atoms with Crippen molar-refractivity contribution in [2.24, 2.45) is 0 Å². The number of nitrogens with zero attached hydrogens (tertiary/aromatic N) is 1. The number of carbonyl (C=O) groups excluding carboxylic acids is 1. The molecule has 1 amide bonds. The number of nitrogens with one attached hydrogen (secondary N) is 3. The van der Waals surface area contributed by atoms with Crippen LogP contribution >= 0.6 is 0 Å². The van der Waals surface area contributed by atoms with Gasteiger partial charge in [-0.3, -0.25) is 9.69 Å². The van der Waals surface area contributed by atoms with Gasteiger partial charge in [-0.2, -0.15) is 0 Å². The molecule has 0 bridgehead atoms. The molecule has 0 radical (unpaired) electrons. The Bertz CT molecular complexity index is 500. The number of amides is 1. The first-order chi connectivity index (χ1) is 10.3. The predicted octanol–water partition coefficient (Wildman–Crippen LogP) is 0.586. The van der Waals surface area contributed by atoms with Gasteiger partial charge in [0.1, 0.15) is 0 Å². The number of carbonyl (C=O) groups is 1. The summed E-state index contributed by atoms with van der Waals surface area (Å²) in [4.78, 5) is 14.6. The monoisotopic (exact) mass is 290 g/mol. The first-order valence-electron chi connectivity index (χ1n) is 7.53.